The average molecular weight is 447 g/mol. The van der Waals surface area contributed by atoms with Gasteiger partial charge in [-0.25, -0.2) is 0 Å². The molecular formula is C26H26N2O5. The molecule has 0 spiro atoms. The van der Waals surface area contributed by atoms with E-state index in [0.29, 0.717) is 17.9 Å². The van der Waals surface area contributed by atoms with Crippen molar-refractivity contribution in [3.63, 3.8) is 0 Å². The maximum absolute atomic E-state index is 12.4. The molecule has 1 atom stereocenters. The fraction of sp³-hybridized carbons (Fsp3) is 0.192. The Morgan fingerprint density at radius 2 is 1.61 bits per heavy atom. The highest BCUT2D eigenvalue weighted by molar-refractivity contribution is 6.04. The second-order valence-corrected chi connectivity index (χ2v) is 7.48. The fourth-order valence-corrected chi connectivity index (χ4v) is 3.32. The van der Waals surface area contributed by atoms with Gasteiger partial charge in [0.15, 0.2) is 0 Å². The first kappa shape index (κ1) is 23.7. The van der Waals surface area contributed by atoms with Crippen LogP contribution in [0.25, 0.3) is 11.1 Å². The maximum atomic E-state index is 12.4. The van der Waals surface area contributed by atoms with Crippen LogP contribution in [-0.4, -0.2) is 36.0 Å². The number of aliphatic carboxylic acids is 1. The van der Waals surface area contributed by atoms with E-state index in [0.717, 1.165) is 16.7 Å². The highest BCUT2D eigenvalue weighted by Crippen LogP contribution is 2.19. The minimum absolute atomic E-state index is 0.0470. The second-order valence-electron chi connectivity index (χ2n) is 7.48. The molecule has 0 saturated heterocycles. The summed E-state index contributed by atoms with van der Waals surface area (Å²) in [6.45, 7) is 0.308. The molecule has 3 rings (SSSR count). The standard InChI is InChI=1S/C26H26N2O5/c1-33-22-9-5-6-18(16-22)17-27-23(26(31)32)14-15-24(29)28-25(30)21-12-10-20(11-13-21)19-7-3-2-4-8-19/h2-13,16,23,27H,14-15,17H2,1H3,(H,31,32)(H,28,29,30)/t23-/m0/s1. The molecule has 0 heterocycles. The molecule has 7 nitrogen and oxygen atoms in total. The Morgan fingerprint density at radius 3 is 2.27 bits per heavy atom. The number of benzene rings is 3. The average Bonchev–Trinajstić information content (AvgIpc) is 2.84. The van der Waals surface area contributed by atoms with E-state index in [1.54, 1.807) is 31.4 Å². The van der Waals surface area contributed by atoms with Crippen LogP contribution < -0.4 is 15.4 Å². The van der Waals surface area contributed by atoms with E-state index in [1.165, 1.54) is 0 Å². The third-order valence-corrected chi connectivity index (χ3v) is 5.15. The summed E-state index contributed by atoms with van der Waals surface area (Å²) < 4.78 is 5.16. The summed E-state index contributed by atoms with van der Waals surface area (Å²) in [6, 6.07) is 23.0. The van der Waals surface area contributed by atoms with Crippen molar-refractivity contribution < 1.29 is 24.2 Å². The van der Waals surface area contributed by atoms with Crippen molar-refractivity contribution in [2.24, 2.45) is 0 Å². The Hall–Kier alpha value is -3.97. The summed E-state index contributed by atoms with van der Waals surface area (Å²) in [5.74, 6) is -1.43. The number of hydrogen-bond acceptors (Lipinski definition) is 5. The lowest BCUT2D eigenvalue weighted by Crippen LogP contribution is -2.38. The monoisotopic (exact) mass is 446 g/mol. The Balaban J connectivity index is 1.50. The highest BCUT2D eigenvalue weighted by Gasteiger charge is 2.19. The lowest BCUT2D eigenvalue weighted by atomic mass is 10.0. The first-order valence-corrected chi connectivity index (χ1v) is 10.5. The smallest absolute Gasteiger partial charge is 0.320 e. The number of hydrogen-bond donors (Lipinski definition) is 3. The van der Waals surface area contributed by atoms with Gasteiger partial charge in [-0.1, -0.05) is 54.6 Å². The lowest BCUT2D eigenvalue weighted by Gasteiger charge is -2.14. The summed E-state index contributed by atoms with van der Waals surface area (Å²) in [5.41, 5.74) is 3.21. The lowest BCUT2D eigenvalue weighted by molar-refractivity contribution is -0.139. The first-order valence-electron chi connectivity index (χ1n) is 10.5. The Kier molecular flexibility index (Phi) is 8.32. The van der Waals surface area contributed by atoms with E-state index in [4.69, 9.17) is 4.74 Å². The van der Waals surface area contributed by atoms with Gasteiger partial charge in [0.1, 0.15) is 11.8 Å². The van der Waals surface area contributed by atoms with Gasteiger partial charge in [-0.05, 0) is 47.4 Å². The zero-order valence-electron chi connectivity index (χ0n) is 18.3. The molecule has 0 bridgehead atoms. The topological polar surface area (TPSA) is 105 Å². The van der Waals surface area contributed by atoms with E-state index < -0.39 is 23.8 Å². The van der Waals surface area contributed by atoms with Gasteiger partial charge in [-0.3, -0.25) is 19.7 Å². The SMILES string of the molecule is COc1cccc(CN[C@@H](CCC(=O)NC(=O)c2ccc(-c3ccccc3)cc2)C(=O)O)c1. The minimum atomic E-state index is -1.06. The molecule has 3 aromatic rings. The molecular weight excluding hydrogens is 420 g/mol. The molecule has 170 valence electrons. The summed E-state index contributed by atoms with van der Waals surface area (Å²) in [5, 5.41) is 14.7. The van der Waals surface area contributed by atoms with Crippen LogP contribution in [0.2, 0.25) is 0 Å². The maximum Gasteiger partial charge on any atom is 0.320 e. The molecule has 3 aromatic carbocycles. The quantitative estimate of drug-likeness (QED) is 0.439. The second kappa shape index (κ2) is 11.6. The predicted octanol–water partition coefficient (Wildman–Crippen LogP) is 3.64. The number of ether oxygens (including phenoxy) is 1. The van der Waals surface area contributed by atoms with Crippen molar-refractivity contribution in [2.75, 3.05) is 7.11 Å². The number of methoxy groups -OCH3 is 1. The summed E-state index contributed by atoms with van der Waals surface area (Å²) >= 11 is 0. The van der Waals surface area contributed by atoms with E-state index in [-0.39, 0.29) is 12.8 Å². The van der Waals surface area contributed by atoms with Crippen molar-refractivity contribution in [3.05, 3.63) is 90.0 Å². The van der Waals surface area contributed by atoms with Gasteiger partial charge in [-0.2, -0.15) is 0 Å². The zero-order chi connectivity index (χ0) is 23.6. The van der Waals surface area contributed by atoms with Crippen molar-refractivity contribution in [3.8, 4) is 16.9 Å². The number of imide groups is 1. The molecule has 2 amide bonds. The van der Waals surface area contributed by atoms with Gasteiger partial charge in [0.2, 0.25) is 5.91 Å². The van der Waals surface area contributed by atoms with Crippen molar-refractivity contribution in [2.45, 2.75) is 25.4 Å². The van der Waals surface area contributed by atoms with Gasteiger partial charge in [0.05, 0.1) is 7.11 Å². The van der Waals surface area contributed by atoms with Crippen LogP contribution in [-0.2, 0) is 16.1 Å². The number of carboxylic acid groups (broad SMARTS) is 1. The van der Waals surface area contributed by atoms with Gasteiger partial charge < -0.3 is 15.2 Å². The van der Waals surface area contributed by atoms with E-state index in [2.05, 4.69) is 10.6 Å². The molecule has 3 N–H and O–H groups in total. The van der Waals surface area contributed by atoms with Crippen LogP contribution in [0.3, 0.4) is 0 Å². The number of amides is 2. The van der Waals surface area contributed by atoms with Crippen molar-refractivity contribution in [1.29, 1.82) is 0 Å². The normalized spacial score (nSPS) is 11.4. The predicted molar refractivity (Wildman–Crippen MR) is 125 cm³/mol. The van der Waals surface area contributed by atoms with Gasteiger partial charge >= 0.3 is 5.97 Å². The number of carbonyl (C=O) groups excluding carboxylic acids is 2. The number of nitrogens with one attached hydrogen (secondary N) is 2. The van der Waals surface area contributed by atoms with Gasteiger partial charge in [-0.15, -0.1) is 0 Å². The third-order valence-electron chi connectivity index (χ3n) is 5.15. The van der Waals surface area contributed by atoms with E-state index in [1.807, 2.05) is 54.6 Å². The summed E-state index contributed by atoms with van der Waals surface area (Å²) in [7, 11) is 1.56. The summed E-state index contributed by atoms with van der Waals surface area (Å²) in [4.78, 5) is 36.2. The van der Waals surface area contributed by atoms with Crippen LogP contribution >= 0.6 is 0 Å². The molecule has 0 aliphatic carbocycles. The molecule has 0 saturated carbocycles. The number of rotatable bonds is 10. The van der Waals surface area contributed by atoms with Crippen molar-refractivity contribution in [1.82, 2.24) is 10.6 Å². The first-order chi connectivity index (χ1) is 16.0. The van der Waals surface area contributed by atoms with Crippen molar-refractivity contribution >= 4 is 17.8 Å². The Bertz CT molecular complexity index is 1100. The van der Waals surface area contributed by atoms with Gasteiger partial charge in [0, 0.05) is 18.5 Å². The molecule has 0 unspecified atom stereocenters. The summed E-state index contributed by atoms with van der Waals surface area (Å²) in [6.07, 6.45) is -0.0543. The van der Waals surface area contributed by atoms with Crippen LogP contribution in [0.15, 0.2) is 78.9 Å². The fourth-order valence-electron chi connectivity index (χ4n) is 3.32. The van der Waals surface area contributed by atoms with E-state index >= 15 is 0 Å². The van der Waals surface area contributed by atoms with Gasteiger partial charge in [0.25, 0.3) is 5.91 Å². The molecule has 0 radical (unpaired) electrons. The van der Waals surface area contributed by atoms with E-state index in [9.17, 15) is 19.5 Å². The molecule has 0 fully saturated rings. The number of carboxylic acids is 1. The molecule has 7 heteroatoms. The van der Waals surface area contributed by atoms with Crippen LogP contribution in [0.5, 0.6) is 5.75 Å². The molecule has 0 aromatic heterocycles. The minimum Gasteiger partial charge on any atom is -0.497 e. The third kappa shape index (κ3) is 7.02. The van der Waals surface area contributed by atoms with Crippen LogP contribution in [0.1, 0.15) is 28.8 Å². The highest BCUT2D eigenvalue weighted by atomic mass is 16.5. The zero-order valence-corrected chi connectivity index (χ0v) is 18.3. The largest absolute Gasteiger partial charge is 0.497 e. The van der Waals surface area contributed by atoms with Crippen LogP contribution in [0, 0.1) is 0 Å². The Morgan fingerprint density at radius 1 is 0.909 bits per heavy atom. The number of carbonyl (C=O) groups is 3. The molecule has 0 aliphatic rings. The molecule has 33 heavy (non-hydrogen) atoms. The molecule has 0 aliphatic heterocycles. The Labute approximate surface area is 192 Å². The van der Waals surface area contributed by atoms with Crippen LogP contribution in [0.4, 0.5) is 0 Å².